The molecule has 0 bridgehead atoms. The molecule has 0 spiro atoms. The second kappa shape index (κ2) is 7.32. The standard InChI is InChI=1S/C12H22N6O2/c13-12(20)11(17-5-1-3-14-4-7-17)10-9-18(16-15-10)6-2-8-19/h9,11,14,19H,1-8H2,(H2,13,20). The Labute approximate surface area is 117 Å². The first-order valence-corrected chi connectivity index (χ1v) is 6.97. The van der Waals surface area contributed by atoms with Crippen molar-refractivity contribution in [2.45, 2.75) is 25.4 Å². The molecule has 2 heterocycles. The normalized spacial score (nSPS) is 18.6. The minimum atomic E-state index is -0.530. The minimum Gasteiger partial charge on any atom is -0.396 e. The summed E-state index contributed by atoms with van der Waals surface area (Å²) in [5.74, 6) is -0.402. The van der Waals surface area contributed by atoms with Crippen LogP contribution in [0.2, 0.25) is 0 Å². The van der Waals surface area contributed by atoms with Crippen LogP contribution in [-0.2, 0) is 11.3 Å². The van der Waals surface area contributed by atoms with Gasteiger partial charge in [-0.1, -0.05) is 5.21 Å². The first-order chi connectivity index (χ1) is 9.72. The van der Waals surface area contributed by atoms with Crippen molar-refractivity contribution in [1.29, 1.82) is 0 Å². The lowest BCUT2D eigenvalue weighted by Crippen LogP contribution is -2.40. The molecule has 1 fully saturated rings. The third-order valence-corrected chi connectivity index (χ3v) is 3.39. The van der Waals surface area contributed by atoms with Gasteiger partial charge in [0.1, 0.15) is 11.7 Å². The van der Waals surface area contributed by atoms with Gasteiger partial charge in [-0.15, -0.1) is 5.10 Å². The van der Waals surface area contributed by atoms with Gasteiger partial charge in [-0.2, -0.15) is 0 Å². The van der Waals surface area contributed by atoms with Crippen LogP contribution in [0.1, 0.15) is 24.6 Å². The molecular weight excluding hydrogens is 260 g/mol. The van der Waals surface area contributed by atoms with E-state index in [0.717, 1.165) is 32.6 Å². The van der Waals surface area contributed by atoms with Crippen molar-refractivity contribution in [2.75, 3.05) is 32.8 Å². The number of carbonyl (C=O) groups is 1. The predicted octanol–water partition coefficient (Wildman–Crippen LogP) is -1.52. The number of nitrogens with two attached hydrogens (primary N) is 1. The summed E-state index contributed by atoms with van der Waals surface area (Å²) in [6.07, 6.45) is 3.32. The third-order valence-electron chi connectivity index (χ3n) is 3.39. The molecular formula is C12H22N6O2. The van der Waals surface area contributed by atoms with Gasteiger partial charge in [-0.3, -0.25) is 14.4 Å². The lowest BCUT2D eigenvalue weighted by Gasteiger charge is -2.26. The molecule has 20 heavy (non-hydrogen) atoms. The topological polar surface area (TPSA) is 109 Å². The maximum atomic E-state index is 11.8. The number of hydrogen-bond donors (Lipinski definition) is 3. The molecule has 4 N–H and O–H groups in total. The van der Waals surface area contributed by atoms with Crippen molar-refractivity contribution >= 4 is 5.91 Å². The third kappa shape index (κ3) is 3.75. The van der Waals surface area contributed by atoms with E-state index in [0.29, 0.717) is 18.7 Å². The molecule has 1 saturated heterocycles. The van der Waals surface area contributed by atoms with Gasteiger partial charge < -0.3 is 16.2 Å². The lowest BCUT2D eigenvalue weighted by molar-refractivity contribution is -0.123. The Morgan fingerprint density at radius 1 is 1.50 bits per heavy atom. The molecule has 1 unspecified atom stereocenters. The minimum absolute atomic E-state index is 0.103. The molecule has 0 aromatic carbocycles. The fraction of sp³-hybridized carbons (Fsp3) is 0.750. The first kappa shape index (κ1) is 14.9. The highest BCUT2D eigenvalue weighted by Gasteiger charge is 2.28. The monoisotopic (exact) mass is 282 g/mol. The van der Waals surface area contributed by atoms with Crippen LogP contribution >= 0.6 is 0 Å². The average Bonchev–Trinajstić information content (AvgIpc) is 2.71. The van der Waals surface area contributed by atoms with Gasteiger partial charge in [0.25, 0.3) is 0 Å². The number of aryl methyl sites for hydroxylation is 1. The number of primary amides is 1. The zero-order valence-electron chi connectivity index (χ0n) is 11.5. The number of aliphatic hydroxyl groups excluding tert-OH is 1. The van der Waals surface area contributed by atoms with Crippen LogP contribution in [0, 0.1) is 0 Å². The van der Waals surface area contributed by atoms with E-state index in [1.54, 1.807) is 10.9 Å². The SMILES string of the molecule is NC(=O)C(c1cn(CCCO)nn1)N1CCCNCC1. The Hall–Kier alpha value is -1.51. The van der Waals surface area contributed by atoms with E-state index in [9.17, 15) is 4.79 Å². The van der Waals surface area contributed by atoms with E-state index >= 15 is 0 Å². The molecule has 2 rings (SSSR count). The second-order valence-electron chi connectivity index (χ2n) is 4.93. The van der Waals surface area contributed by atoms with E-state index in [2.05, 4.69) is 15.6 Å². The Kier molecular flexibility index (Phi) is 5.45. The highest BCUT2D eigenvalue weighted by molar-refractivity contribution is 5.80. The highest BCUT2D eigenvalue weighted by atomic mass is 16.3. The summed E-state index contributed by atoms with van der Waals surface area (Å²) in [6.45, 7) is 4.04. The van der Waals surface area contributed by atoms with Gasteiger partial charge in [0.05, 0.1) is 6.20 Å². The van der Waals surface area contributed by atoms with Crippen molar-refractivity contribution in [3.63, 3.8) is 0 Å². The van der Waals surface area contributed by atoms with Crippen molar-refractivity contribution in [1.82, 2.24) is 25.2 Å². The number of nitrogens with zero attached hydrogens (tertiary/aromatic N) is 4. The van der Waals surface area contributed by atoms with Gasteiger partial charge >= 0.3 is 0 Å². The van der Waals surface area contributed by atoms with Crippen LogP contribution in [0.15, 0.2) is 6.20 Å². The molecule has 1 aromatic heterocycles. The molecule has 1 aliphatic heterocycles. The summed E-state index contributed by atoms with van der Waals surface area (Å²) in [7, 11) is 0. The molecule has 1 atom stereocenters. The van der Waals surface area contributed by atoms with Crippen molar-refractivity contribution in [2.24, 2.45) is 5.73 Å². The quantitative estimate of drug-likeness (QED) is 0.585. The Balaban J connectivity index is 2.10. The maximum absolute atomic E-state index is 11.8. The highest BCUT2D eigenvalue weighted by Crippen LogP contribution is 2.19. The van der Waals surface area contributed by atoms with E-state index in [4.69, 9.17) is 10.8 Å². The van der Waals surface area contributed by atoms with Crippen LogP contribution in [0.25, 0.3) is 0 Å². The summed E-state index contributed by atoms with van der Waals surface area (Å²) in [6, 6.07) is -0.530. The molecule has 0 aliphatic carbocycles. The van der Waals surface area contributed by atoms with Gasteiger partial charge in [-0.25, -0.2) is 0 Å². The second-order valence-corrected chi connectivity index (χ2v) is 4.93. The van der Waals surface area contributed by atoms with Gasteiger partial charge in [0, 0.05) is 32.8 Å². The van der Waals surface area contributed by atoms with Crippen LogP contribution in [-0.4, -0.2) is 63.7 Å². The van der Waals surface area contributed by atoms with Crippen LogP contribution in [0.3, 0.4) is 0 Å². The number of amides is 1. The summed E-state index contributed by atoms with van der Waals surface area (Å²) in [5.41, 5.74) is 6.12. The summed E-state index contributed by atoms with van der Waals surface area (Å²) >= 11 is 0. The van der Waals surface area contributed by atoms with E-state index in [1.165, 1.54) is 0 Å². The van der Waals surface area contributed by atoms with Crippen molar-refractivity contribution < 1.29 is 9.90 Å². The Morgan fingerprint density at radius 3 is 3.10 bits per heavy atom. The fourth-order valence-corrected chi connectivity index (χ4v) is 2.42. The van der Waals surface area contributed by atoms with Crippen LogP contribution < -0.4 is 11.1 Å². The molecule has 0 saturated carbocycles. The smallest absolute Gasteiger partial charge is 0.241 e. The summed E-state index contributed by atoms with van der Waals surface area (Å²) < 4.78 is 1.64. The average molecular weight is 282 g/mol. The molecule has 8 nitrogen and oxygen atoms in total. The van der Waals surface area contributed by atoms with Crippen molar-refractivity contribution in [3.8, 4) is 0 Å². The van der Waals surface area contributed by atoms with Crippen LogP contribution in [0.5, 0.6) is 0 Å². The number of rotatable bonds is 6. The Morgan fingerprint density at radius 2 is 2.35 bits per heavy atom. The zero-order chi connectivity index (χ0) is 14.4. The number of nitrogens with one attached hydrogen (secondary N) is 1. The van der Waals surface area contributed by atoms with Gasteiger partial charge in [0.2, 0.25) is 5.91 Å². The first-order valence-electron chi connectivity index (χ1n) is 6.97. The van der Waals surface area contributed by atoms with Crippen molar-refractivity contribution in [3.05, 3.63) is 11.9 Å². The number of carbonyl (C=O) groups excluding carboxylic acids is 1. The fourth-order valence-electron chi connectivity index (χ4n) is 2.42. The zero-order valence-corrected chi connectivity index (χ0v) is 11.5. The van der Waals surface area contributed by atoms with Crippen LogP contribution in [0.4, 0.5) is 0 Å². The van der Waals surface area contributed by atoms with Gasteiger partial charge in [0.15, 0.2) is 0 Å². The molecule has 112 valence electrons. The number of aromatic nitrogens is 3. The molecule has 8 heteroatoms. The largest absolute Gasteiger partial charge is 0.396 e. The molecule has 0 radical (unpaired) electrons. The van der Waals surface area contributed by atoms with Gasteiger partial charge in [-0.05, 0) is 19.4 Å². The van der Waals surface area contributed by atoms with E-state index in [1.807, 2.05) is 4.90 Å². The summed E-state index contributed by atoms with van der Waals surface area (Å²) in [4.78, 5) is 13.8. The predicted molar refractivity (Wildman–Crippen MR) is 72.7 cm³/mol. The molecule has 1 aliphatic rings. The Bertz CT molecular complexity index is 427. The van der Waals surface area contributed by atoms with E-state index in [-0.39, 0.29) is 6.61 Å². The van der Waals surface area contributed by atoms with E-state index < -0.39 is 11.9 Å². The number of aliphatic hydroxyl groups is 1. The lowest BCUT2D eigenvalue weighted by atomic mass is 10.1. The molecule has 1 amide bonds. The number of hydrogen-bond acceptors (Lipinski definition) is 6. The summed E-state index contributed by atoms with van der Waals surface area (Å²) in [5, 5.41) is 20.2. The molecule has 1 aromatic rings. The maximum Gasteiger partial charge on any atom is 0.241 e.